The summed E-state index contributed by atoms with van der Waals surface area (Å²) in [5.74, 6) is 0. The quantitative estimate of drug-likeness (QED) is 0.509. The van der Waals surface area contributed by atoms with E-state index in [9.17, 15) is 0 Å². The van der Waals surface area contributed by atoms with Crippen molar-refractivity contribution in [3.63, 3.8) is 0 Å². The molecule has 1 heteroatoms. The fourth-order valence-electron chi connectivity index (χ4n) is 2.08. The van der Waals surface area contributed by atoms with Gasteiger partial charge in [0.25, 0.3) is 0 Å². The first kappa shape index (κ1) is 9.93. The van der Waals surface area contributed by atoms with Crippen LogP contribution in [0.2, 0.25) is 0 Å². The molecule has 0 saturated heterocycles. The first-order chi connectivity index (χ1) is 6.71. The number of benzene rings is 1. The van der Waals surface area contributed by atoms with Crippen molar-refractivity contribution in [3.05, 3.63) is 48.0 Å². The molecule has 14 heavy (non-hydrogen) atoms. The third kappa shape index (κ3) is 1.91. The molecule has 0 N–H and O–H groups in total. The van der Waals surface area contributed by atoms with E-state index in [1.54, 1.807) is 0 Å². The van der Waals surface area contributed by atoms with Crippen LogP contribution in [0.4, 0.5) is 0 Å². The highest BCUT2D eigenvalue weighted by Gasteiger charge is 2.39. The molecule has 2 atom stereocenters. The van der Waals surface area contributed by atoms with Gasteiger partial charge in [-0.1, -0.05) is 30.3 Å². The van der Waals surface area contributed by atoms with Crippen molar-refractivity contribution < 1.29 is 0 Å². The zero-order chi connectivity index (χ0) is 10.0. The highest BCUT2D eigenvalue weighted by Crippen LogP contribution is 2.65. The minimum Gasteiger partial charge on any atom is -0.0622 e. The summed E-state index contributed by atoms with van der Waals surface area (Å²) < 4.78 is 0. The summed E-state index contributed by atoms with van der Waals surface area (Å²) in [5.41, 5.74) is 2.33. The van der Waals surface area contributed by atoms with Crippen LogP contribution in [0.1, 0.15) is 12.5 Å². The first-order valence-electron chi connectivity index (χ1n) is 5.25. The molecule has 0 fully saturated rings. The van der Waals surface area contributed by atoms with Crippen LogP contribution in [-0.4, -0.2) is 18.5 Å². The summed E-state index contributed by atoms with van der Waals surface area (Å²) in [4.78, 5) is 0. The SMILES string of the molecule is CC1C=CC[P+]1(C)Cc1ccccc1. The van der Waals surface area contributed by atoms with E-state index < -0.39 is 7.26 Å². The fraction of sp³-hybridized carbons (Fsp3) is 0.385. The molecule has 74 valence electrons. The van der Waals surface area contributed by atoms with Gasteiger partial charge in [-0.3, -0.25) is 0 Å². The summed E-state index contributed by atoms with van der Waals surface area (Å²) in [7, 11) is -0.744. The Morgan fingerprint density at radius 3 is 2.57 bits per heavy atom. The molecule has 0 aliphatic carbocycles. The van der Waals surface area contributed by atoms with Gasteiger partial charge in [-0.15, -0.1) is 0 Å². The monoisotopic (exact) mass is 205 g/mol. The van der Waals surface area contributed by atoms with Crippen molar-refractivity contribution in [1.29, 1.82) is 0 Å². The maximum Gasteiger partial charge on any atom is 0.0853 e. The Morgan fingerprint density at radius 1 is 1.29 bits per heavy atom. The second kappa shape index (κ2) is 3.87. The largest absolute Gasteiger partial charge is 0.0853 e. The molecule has 1 heterocycles. The summed E-state index contributed by atoms with van der Waals surface area (Å²) in [6.07, 6.45) is 7.42. The zero-order valence-corrected chi connectivity index (χ0v) is 9.87. The van der Waals surface area contributed by atoms with Gasteiger partial charge in [-0.25, -0.2) is 0 Å². The van der Waals surface area contributed by atoms with Crippen LogP contribution in [-0.2, 0) is 6.16 Å². The van der Waals surface area contributed by atoms with E-state index in [1.165, 1.54) is 17.9 Å². The van der Waals surface area contributed by atoms with Gasteiger partial charge in [-0.05, 0) is 24.6 Å². The lowest BCUT2D eigenvalue weighted by Crippen LogP contribution is -2.06. The molecule has 0 amide bonds. The van der Waals surface area contributed by atoms with Gasteiger partial charge in [0.2, 0.25) is 0 Å². The lowest BCUT2D eigenvalue weighted by Gasteiger charge is -2.22. The van der Waals surface area contributed by atoms with Crippen molar-refractivity contribution in [1.82, 2.24) is 0 Å². The number of hydrogen-bond donors (Lipinski definition) is 0. The highest BCUT2D eigenvalue weighted by atomic mass is 31.2. The van der Waals surface area contributed by atoms with Crippen LogP contribution in [0.25, 0.3) is 0 Å². The zero-order valence-electron chi connectivity index (χ0n) is 8.98. The van der Waals surface area contributed by atoms with E-state index in [0.717, 1.165) is 5.66 Å². The molecule has 1 aromatic carbocycles. The van der Waals surface area contributed by atoms with Gasteiger partial charge in [-0.2, -0.15) is 0 Å². The van der Waals surface area contributed by atoms with Gasteiger partial charge in [0.15, 0.2) is 0 Å². The minimum atomic E-state index is -0.744. The molecular formula is C13H18P+. The Balaban J connectivity index is 2.12. The molecule has 2 rings (SSSR count). The molecule has 1 aromatic rings. The van der Waals surface area contributed by atoms with E-state index in [0.29, 0.717) is 0 Å². The van der Waals surface area contributed by atoms with Gasteiger partial charge in [0, 0.05) is 7.26 Å². The fourth-order valence-corrected chi connectivity index (χ4v) is 5.02. The van der Waals surface area contributed by atoms with Crippen molar-refractivity contribution in [2.24, 2.45) is 0 Å². The van der Waals surface area contributed by atoms with Gasteiger partial charge in [0.1, 0.15) is 0 Å². The van der Waals surface area contributed by atoms with E-state index in [-0.39, 0.29) is 0 Å². The maximum atomic E-state index is 2.50. The molecule has 1 aliphatic rings. The maximum absolute atomic E-state index is 2.50. The van der Waals surface area contributed by atoms with E-state index in [4.69, 9.17) is 0 Å². The predicted molar refractivity (Wildman–Crippen MR) is 66.5 cm³/mol. The third-order valence-corrected chi connectivity index (χ3v) is 7.58. The summed E-state index contributed by atoms with van der Waals surface area (Å²) in [6.45, 7) is 4.88. The van der Waals surface area contributed by atoms with Crippen molar-refractivity contribution >= 4 is 7.26 Å². The van der Waals surface area contributed by atoms with Crippen LogP contribution in [0.3, 0.4) is 0 Å². The number of allylic oxidation sites excluding steroid dienone is 2. The molecule has 0 aromatic heterocycles. The smallest absolute Gasteiger partial charge is 0.0622 e. The lowest BCUT2D eigenvalue weighted by molar-refractivity contribution is 1.19. The van der Waals surface area contributed by atoms with E-state index in [2.05, 4.69) is 56.1 Å². The van der Waals surface area contributed by atoms with Crippen molar-refractivity contribution in [2.45, 2.75) is 18.7 Å². The third-order valence-electron chi connectivity index (χ3n) is 3.31. The lowest BCUT2D eigenvalue weighted by atomic mass is 10.2. The molecule has 0 spiro atoms. The molecule has 0 bridgehead atoms. The highest BCUT2D eigenvalue weighted by molar-refractivity contribution is 7.75. The number of hydrogen-bond acceptors (Lipinski definition) is 0. The van der Waals surface area contributed by atoms with Crippen LogP contribution >= 0.6 is 7.26 Å². The van der Waals surface area contributed by atoms with Crippen LogP contribution < -0.4 is 0 Å². The molecule has 1 aliphatic heterocycles. The summed E-state index contributed by atoms with van der Waals surface area (Å²) >= 11 is 0. The van der Waals surface area contributed by atoms with Crippen LogP contribution in [0, 0.1) is 0 Å². The van der Waals surface area contributed by atoms with Gasteiger partial charge < -0.3 is 0 Å². The molecular weight excluding hydrogens is 187 g/mol. The second-order valence-electron chi connectivity index (χ2n) is 4.47. The van der Waals surface area contributed by atoms with E-state index >= 15 is 0 Å². The average molecular weight is 205 g/mol. The summed E-state index contributed by atoms with van der Waals surface area (Å²) in [6, 6.07) is 10.9. The van der Waals surface area contributed by atoms with Crippen molar-refractivity contribution in [2.75, 3.05) is 12.8 Å². The average Bonchev–Trinajstić information content (AvgIpc) is 2.48. The Bertz CT molecular complexity index is 328. The Kier molecular flexibility index (Phi) is 2.74. The topological polar surface area (TPSA) is 0 Å². The molecule has 0 nitrogen and oxygen atoms in total. The normalized spacial score (nSPS) is 30.9. The standard InChI is InChI=1S/C13H18P/c1-12-7-6-10-14(12,2)11-13-8-4-3-5-9-13/h3-9,12H,10-11H2,1-2H3/q+1. The Hall–Kier alpha value is -0.610. The molecule has 0 radical (unpaired) electrons. The second-order valence-corrected chi connectivity index (χ2v) is 8.93. The van der Waals surface area contributed by atoms with Crippen molar-refractivity contribution in [3.8, 4) is 0 Å². The Labute approximate surface area is 87.4 Å². The minimum absolute atomic E-state index is 0.744. The Morgan fingerprint density at radius 2 is 2.00 bits per heavy atom. The van der Waals surface area contributed by atoms with Gasteiger partial charge in [0.05, 0.1) is 24.6 Å². The number of rotatable bonds is 2. The molecule has 0 saturated carbocycles. The van der Waals surface area contributed by atoms with Crippen LogP contribution in [0.15, 0.2) is 42.5 Å². The first-order valence-corrected chi connectivity index (χ1v) is 7.93. The predicted octanol–water partition coefficient (Wildman–Crippen LogP) is 3.79. The van der Waals surface area contributed by atoms with E-state index in [1.807, 2.05) is 0 Å². The summed E-state index contributed by atoms with van der Waals surface area (Å²) in [5, 5.41) is 0. The molecule has 2 unspecified atom stereocenters. The van der Waals surface area contributed by atoms with Crippen LogP contribution in [0.5, 0.6) is 0 Å². The van der Waals surface area contributed by atoms with Gasteiger partial charge >= 0.3 is 0 Å².